The molecule has 3 rings (SSSR count). The first-order chi connectivity index (χ1) is 14.3. The van der Waals surface area contributed by atoms with Crippen molar-refractivity contribution in [1.82, 2.24) is 9.55 Å². The van der Waals surface area contributed by atoms with E-state index in [1.807, 2.05) is 22.8 Å². The van der Waals surface area contributed by atoms with E-state index in [0.29, 0.717) is 22.9 Å². The predicted octanol–water partition coefficient (Wildman–Crippen LogP) is 3.97. The Hall–Kier alpha value is -2.07. The molecule has 0 amide bonds. The Labute approximate surface area is 184 Å². The maximum atomic E-state index is 12.2. The van der Waals surface area contributed by atoms with Crippen molar-refractivity contribution in [2.24, 2.45) is 5.14 Å². The van der Waals surface area contributed by atoms with E-state index in [0.717, 1.165) is 23.3 Å². The molecule has 2 aromatic carbocycles. The van der Waals surface area contributed by atoms with Crippen LogP contribution in [0.25, 0.3) is 11.0 Å². The Kier molecular flexibility index (Phi) is 7.41. The third-order valence-electron chi connectivity index (χ3n) is 4.41. The standard InChI is InChI=1S/C20H22ClN3O4S2/c1-2-3-10-24-17-9-8-14(30(22,26)27)11-16(17)23-19(24)12-28-20(25)13-29-18-7-5-4-6-15(18)21/h4-9,11H,2-3,10,12-13H2,1H3,(H2,22,26,27). The molecule has 2 N–H and O–H groups in total. The third kappa shape index (κ3) is 5.54. The second-order valence-corrected chi connectivity index (χ2v) is 9.59. The fourth-order valence-electron chi connectivity index (χ4n) is 2.90. The number of primary sulfonamides is 1. The molecule has 1 aromatic heterocycles. The van der Waals surface area contributed by atoms with E-state index in [2.05, 4.69) is 11.9 Å². The van der Waals surface area contributed by atoms with Gasteiger partial charge in [0.2, 0.25) is 10.0 Å². The van der Waals surface area contributed by atoms with Gasteiger partial charge in [0, 0.05) is 11.4 Å². The molecule has 160 valence electrons. The van der Waals surface area contributed by atoms with Gasteiger partial charge in [0.15, 0.2) is 0 Å². The molecular weight excluding hydrogens is 446 g/mol. The number of aryl methyl sites for hydroxylation is 1. The van der Waals surface area contributed by atoms with E-state index >= 15 is 0 Å². The monoisotopic (exact) mass is 467 g/mol. The summed E-state index contributed by atoms with van der Waals surface area (Å²) in [6.07, 6.45) is 1.88. The first-order valence-electron chi connectivity index (χ1n) is 9.34. The summed E-state index contributed by atoms with van der Waals surface area (Å²) in [4.78, 5) is 17.5. The van der Waals surface area contributed by atoms with Crippen molar-refractivity contribution in [2.75, 3.05) is 5.75 Å². The van der Waals surface area contributed by atoms with Crippen molar-refractivity contribution in [2.45, 2.75) is 42.7 Å². The van der Waals surface area contributed by atoms with Crippen LogP contribution in [-0.4, -0.2) is 29.7 Å². The lowest BCUT2D eigenvalue weighted by Crippen LogP contribution is -2.12. The fraction of sp³-hybridized carbons (Fsp3) is 0.300. The number of carbonyl (C=O) groups is 1. The molecule has 0 radical (unpaired) electrons. The zero-order valence-corrected chi connectivity index (χ0v) is 18.8. The maximum absolute atomic E-state index is 12.2. The molecule has 0 bridgehead atoms. The Bertz CT molecular complexity index is 1160. The van der Waals surface area contributed by atoms with Crippen LogP contribution >= 0.6 is 23.4 Å². The second kappa shape index (κ2) is 9.82. The highest BCUT2D eigenvalue weighted by molar-refractivity contribution is 8.00. The number of aromatic nitrogens is 2. The molecule has 0 saturated heterocycles. The van der Waals surface area contributed by atoms with Gasteiger partial charge in [-0.15, -0.1) is 11.8 Å². The van der Waals surface area contributed by atoms with Crippen LogP contribution in [0.3, 0.4) is 0 Å². The topological polar surface area (TPSA) is 104 Å². The van der Waals surface area contributed by atoms with Crippen molar-refractivity contribution >= 4 is 50.4 Å². The quantitative estimate of drug-likeness (QED) is 0.377. The molecule has 30 heavy (non-hydrogen) atoms. The third-order valence-corrected chi connectivity index (χ3v) is 6.81. The van der Waals surface area contributed by atoms with E-state index in [4.69, 9.17) is 21.5 Å². The highest BCUT2D eigenvalue weighted by Gasteiger charge is 2.16. The van der Waals surface area contributed by atoms with E-state index in [1.54, 1.807) is 12.1 Å². The molecule has 0 saturated carbocycles. The van der Waals surface area contributed by atoms with Crippen LogP contribution in [-0.2, 0) is 32.7 Å². The van der Waals surface area contributed by atoms with Crippen molar-refractivity contribution in [1.29, 1.82) is 0 Å². The zero-order valence-electron chi connectivity index (χ0n) is 16.4. The molecule has 0 aliphatic carbocycles. The number of rotatable bonds is 9. The summed E-state index contributed by atoms with van der Waals surface area (Å²) in [7, 11) is -3.83. The van der Waals surface area contributed by atoms with Gasteiger partial charge in [-0.25, -0.2) is 18.5 Å². The lowest BCUT2D eigenvalue weighted by molar-refractivity contribution is -0.142. The maximum Gasteiger partial charge on any atom is 0.316 e. The number of unbranched alkanes of at least 4 members (excludes halogenated alkanes) is 1. The number of carbonyl (C=O) groups excluding carboxylic acids is 1. The van der Waals surface area contributed by atoms with Crippen LogP contribution in [0.15, 0.2) is 52.3 Å². The lowest BCUT2D eigenvalue weighted by atomic mass is 10.3. The molecule has 0 fully saturated rings. The largest absolute Gasteiger partial charge is 0.457 e. The SMILES string of the molecule is CCCCn1c(COC(=O)CSc2ccccc2Cl)nc2cc(S(N)(=O)=O)ccc21. The van der Waals surface area contributed by atoms with Crippen molar-refractivity contribution in [3.63, 3.8) is 0 Å². The molecule has 1 heterocycles. The lowest BCUT2D eigenvalue weighted by Gasteiger charge is -2.09. The van der Waals surface area contributed by atoms with Crippen molar-refractivity contribution < 1.29 is 17.9 Å². The van der Waals surface area contributed by atoms with Gasteiger partial charge in [0.25, 0.3) is 0 Å². The highest BCUT2D eigenvalue weighted by atomic mass is 35.5. The van der Waals surface area contributed by atoms with Gasteiger partial charge in [0.1, 0.15) is 12.4 Å². The van der Waals surface area contributed by atoms with Gasteiger partial charge < -0.3 is 9.30 Å². The van der Waals surface area contributed by atoms with Crippen molar-refractivity contribution in [3.8, 4) is 0 Å². The number of nitrogens with zero attached hydrogens (tertiary/aromatic N) is 2. The number of esters is 1. The van der Waals surface area contributed by atoms with Gasteiger partial charge in [0.05, 0.1) is 26.7 Å². The normalized spacial score (nSPS) is 11.7. The summed E-state index contributed by atoms with van der Waals surface area (Å²) in [5.41, 5.74) is 1.27. The van der Waals surface area contributed by atoms with Crippen LogP contribution in [0.2, 0.25) is 5.02 Å². The van der Waals surface area contributed by atoms with Crippen molar-refractivity contribution in [3.05, 3.63) is 53.3 Å². The van der Waals surface area contributed by atoms with Gasteiger partial charge in [-0.3, -0.25) is 4.79 Å². The number of hydrogen-bond donors (Lipinski definition) is 1. The molecule has 0 aliphatic heterocycles. The summed E-state index contributed by atoms with van der Waals surface area (Å²) in [5.74, 6) is 0.287. The number of nitrogens with two attached hydrogens (primary N) is 1. The van der Waals surface area contributed by atoms with Crippen LogP contribution in [0.1, 0.15) is 25.6 Å². The number of hydrogen-bond acceptors (Lipinski definition) is 6. The molecule has 0 spiro atoms. The van der Waals surface area contributed by atoms with Crippen LogP contribution in [0.5, 0.6) is 0 Å². The Morgan fingerprint density at radius 2 is 2.03 bits per heavy atom. The summed E-state index contributed by atoms with van der Waals surface area (Å²) in [6.45, 7) is 2.75. The fourth-order valence-corrected chi connectivity index (χ4v) is 4.47. The number of ether oxygens (including phenoxy) is 1. The number of benzene rings is 2. The van der Waals surface area contributed by atoms with Gasteiger partial charge in [-0.1, -0.05) is 37.1 Å². The number of thioether (sulfide) groups is 1. The summed E-state index contributed by atoms with van der Waals surface area (Å²) in [6, 6.07) is 11.9. The van der Waals surface area contributed by atoms with Gasteiger partial charge in [-0.05, 0) is 36.8 Å². The Balaban J connectivity index is 1.75. The molecule has 3 aromatic rings. The van der Waals surface area contributed by atoms with E-state index in [1.165, 1.54) is 23.9 Å². The molecule has 0 atom stereocenters. The summed E-state index contributed by atoms with van der Waals surface area (Å²) in [5, 5.41) is 5.81. The predicted molar refractivity (Wildman–Crippen MR) is 118 cm³/mol. The molecule has 7 nitrogen and oxygen atoms in total. The molecule has 0 unspecified atom stereocenters. The number of halogens is 1. The average molecular weight is 468 g/mol. The van der Waals surface area contributed by atoms with Crippen LogP contribution in [0.4, 0.5) is 0 Å². The molecule has 10 heteroatoms. The van der Waals surface area contributed by atoms with Crippen LogP contribution in [0, 0.1) is 0 Å². The minimum absolute atomic E-state index is 0.00479. The van der Waals surface area contributed by atoms with E-state index in [-0.39, 0.29) is 23.2 Å². The number of sulfonamides is 1. The smallest absolute Gasteiger partial charge is 0.316 e. The summed E-state index contributed by atoms with van der Waals surface area (Å²) >= 11 is 7.41. The number of fused-ring (bicyclic) bond motifs is 1. The van der Waals surface area contributed by atoms with E-state index in [9.17, 15) is 13.2 Å². The minimum Gasteiger partial charge on any atom is -0.457 e. The van der Waals surface area contributed by atoms with E-state index < -0.39 is 10.0 Å². The second-order valence-electron chi connectivity index (χ2n) is 6.61. The molecular formula is C20H22ClN3O4S2. The van der Waals surface area contributed by atoms with Gasteiger partial charge in [-0.2, -0.15) is 0 Å². The zero-order chi connectivity index (χ0) is 21.7. The molecule has 0 aliphatic rings. The first-order valence-corrected chi connectivity index (χ1v) is 12.3. The Morgan fingerprint density at radius 1 is 1.27 bits per heavy atom. The number of imidazole rings is 1. The minimum atomic E-state index is -3.83. The Morgan fingerprint density at radius 3 is 2.73 bits per heavy atom. The van der Waals surface area contributed by atoms with Gasteiger partial charge >= 0.3 is 5.97 Å². The first kappa shape index (κ1) is 22.6. The highest BCUT2D eigenvalue weighted by Crippen LogP contribution is 2.27. The van der Waals surface area contributed by atoms with Crippen LogP contribution < -0.4 is 5.14 Å². The summed E-state index contributed by atoms with van der Waals surface area (Å²) < 4.78 is 30.6. The average Bonchev–Trinajstić information content (AvgIpc) is 3.06.